The Morgan fingerprint density at radius 3 is 2.47 bits per heavy atom. The van der Waals surface area contributed by atoms with E-state index >= 15 is 0 Å². The van der Waals surface area contributed by atoms with Gasteiger partial charge in [-0.15, -0.1) is 0 Å². The molecule has 0 bridgehead atoms. The number of hydrogen-bond acceptors (Lipinski definition) is 7. The lowest BCUT2D eigenvalue weighted by atomic mass is 9.95. The maximum Gasteiger partial charge on any atom is 0.260 e. The van der Waals surface area contributed by atoms with Crippen LogP contribution in [0.2, 0.25) is 5.02 Å². The Hall–Kier alpha value is -3.43. The SMILES string of the molecule is C=C(/N=C1\C(=C/C)C=C(c2ccc(C3=NC(C)ON3)cc2Cl)C(=O)N1CC)NCC(=O)NC.CC.CCC. The number of rotatable bonds is 7. The highest BCUT2D eigenvalue weighted by Crippen LogP contribution is 2.32. The number of allylic oxidation sites excluding steroid dienone is 1. The summed E-state index contributed by atoms with van der Waals surface area (Å²) in [4.78, 5) is 40.5. The first-order chi connectivity index (χ1) is 18.2. The molecule has 0 aromatic heterocycles. The number of benzene rings is 1. The molecule has 0 spiro atoms. The monoisotopic (exact) mass is 544 g/mol. The van der Waals surface area contributed by atoms with E-state index in [4.69, 9.17) is 16.4 Å². The van der Waals surface area contributed by atoms with E-state index in [0.717, 1.165) is 11.1 Å². The number of carbonyl (C=O) groups excluding carboxylic acids is 2. The Morgan fingerprint density at radius 1 is 1.32 bits per heavy atom. The first kappa shape index (κ1) is 32.6. The van der Waals surface area contributed by atoms with Crippen molar-refractivity contribution in [3.8, 4) is 0 Å². The fraction of sp³-hybridized carbons (Fsp3) is 0.429. The van der Waals surface area contributed by atoms with Gasteiger partial charge in [-0.3, -0.25) is 14.5 Å². The number of likely N-dealkylation sites (N-methyl/N-ethyl adjacent to an activating group) is 2. The molecule has 2 aliphatic heterocycles. The lowest BCUT2D eigenvalue weighted by Gasteiger charge is -2.30. The molecular formula is C28H41ClN6O3. The number of hydrogen-bond donors (Lipinski definition) is 3. The first-order valence-corrected chi connectivity index (χ1v) is 13.3. The van der Waals surface area contributed by atoms with Crippen LogP contribution in [0.25, 0.3) is 5.57 Å². The topological polar surface area (TPSA) is 107 Å². The van der Waals surface area contributed by atoms with E-state index in [9.17, 15) is 9.59 Å². The minimum Gasteiger partial charge on any atom is -0.361 e. The Kier molecular flexibility index (Phi) is 14.1. The third-order valence-corrected chi connectivity index (χ3v) is 5.37. The van der Waals surface area contributed by atoms with E-state index in [1.165, 1.54) is 6.42 Å². The third kappa shape index (κ3) is 8.56. The summed E-state index contributed by atoms with van der Waals surface area (Å²) < 4.78 is 0. The molecule has 1 aromatic rings. The molecule has 1 atom stereocenters. The van der Waals surface area contributed by atoms with Gasteiger partial charge >= 0.3 is 0 Å². The molecule has 208 valence electrons. The summed E-state index contributed by atoms with van der Waals surface area (Å²) in [6, 6.07) is 5.38. The van der Waals surface area contributed by atoms with Crippen LogP contribution in [0.15, 0.2) is 58.3 Å². The van der Waals surface area contributed by atoms with Crippen LogP contribution < -0.4 is 16.1 Å². The van der Waals surface area contributed by atoms with Gasteiger partial charge in [0.2, 0.25) is 5.91 Å². The largest absolute Gasteiger partial charge is 0.361 e. The summed E-state index contributed by atoms with van der Waals surface area (Å²) in [5, 5.41) is 5.78. The molecule has 3 N–H and O–H groups in total. The van der Waals surface area contributed by atoms with E-state index in [1.807, 2.05) is 46.8 Å². The van der Waals surface area contributed by atoms with Crippen molar-refractivity contribution in [1.29, 1.82) is 0 Å². The summed E-state index contributed by atoms with van der Waals surface area (Å²) in [5.41, 5.74) is 5.32. The van der Waals surface area contributed by atoms with Gasteiger partial charge in [-0.05, 0) is 32.9 Å². The van der Waals surface area contributed by atoms with Gasteiger partial charge in [-0.25, -0.2) is 20.3 Å². The number of nitrogens with zero attached hydrogens (tertiary/aromatic N) is 3. The lowest BCUT2D eigenvalue weighted by molar-refractivity contribution is -0.121. The number of amidine groups is 2. The molecule has 1 unspecified atom stereocenters. The molecule has 38 heavy (non-hydrogen) atoms. The average molecular weight is 545 g/mol. The summed E-state index contributed by atoms with van der Waals surface area (Å²) in [6.45, 7) is 18.1. The minimum absolute atomic E-state index is 0.0321. The number of aliphatic imine (C=N–C) groups is 2. The quantitative estimate of drug-likeness (QED) is 0.457. The maximum atomic E-state index is 13.4. The molecule has 9 nitrogen and oxygen atoms in total. The van der Waals surface area contributed by atoms with Crippen LogP contribution in [0.1, 0.15) is 66.0 Å². The van der Waals surface area contributed by atoms with E-state index in [-0.39, 0.29) is 30.4 Å². The maximum absolute atomic E-state index is 13.4. The molecule has 2 aliphatic rings. The van der Waals surface area contributed by atoms with Crippen LogP contribution in [0.5, 0.6) is 0 Å². The number of amides is 2. The van der Waals surface area contributed by atoms with Crippen molar-refractivity contribution in [3.63, 3.8) is 0 Å². The predicted molar refractivity (Wildman–Crippen MR) is 157 cm³/mol. The molecule has 0 aliphatic carbocycles. The Bertz CT molecular complexity index is 1120. The first-order valence-electron chi connectivity index (χ1n) is 12.9. The molecular weight excluding hydrogens is 504 g/mol. The molecule has 2 amide bonds. The van der Waals surface area contributed by atoms with Gasteiger partial charge in [0.25, 0.3) is 5.91 Å². The molecule has 3 rings (SSSR count). The second-order valence-electron chi connectivity index (χ2n) is 7.96. The van der Waals surface area contributed by atoms with Crippen LogP contribution in [0.3, 0.4) is 0 Å². The minimum atomic E-state index is -0.283. The van der Waals surface area contributed by atoms with E-state index < -0.39 is 0 Å². The summed E-state index contributed by atoms with van der Waals surface area (Å²) >= 11 is 6.58. The number of carbonyl (C=O) groups is 2. The number of halogens is 1. The zero-order chi connectivity index (χ0) is 28.8. The summed E-state index contributed by atoms with van der Waals surface area (Å²) in [5.74, 6) is 0.881. The zero-order valence-electron chi connectivity index (χ0n) is 23.7. The molecule has 0 saturated heterocycles. The Morgan fingerprint density at radius 2 is 1.97 bits per heavy atom. The molecule has 2 heterocycles. The van der Waals surface area contributed by atoms with Gasteiger partial charge < -0.3 is 10.6 Å². The highest BCUT2D eigenvalue weighted by Gasteiger charge is 2.31. The smallest absolute Gasteiger partial charge is 0.260 e. The van der Waals surface area contributed by atoms with Gasteiger partial charge in [-0.2, -0.15) is 0 Å². The van der Waals surface area contributed by atoms with Gasteiger partial charge in [-0.1, -0.05) is 70.5 Å². The third-order valence-electron chi connectivity index (χ3n) is 5.06. The van der Waals surface area contributed by atoms with Crippen LogP contribution in [0.4, 0.5) is 0 Å². The van der Waals surface area contributed by atoms with Gasteiger partial charge in [0.1, 0.15) is 11.7 Å². The fourth-order valence-electron chi connectivity index (χ4n) is 3.33. The zero-order valence-corrected chi connectivity index (χ0v) is 24.5. The predicted octanol–water partition coefficient (Wildman–Crippen LogP) is 4.81. The molecule has 0 radical (unpaired) electrons. The van der Waals surface area contributed by atoms with Crippen LogP contribution >= 0.6 is 11.6 Å². The van der Waals surface area contributed by atoms with E-state index in [1.54, 1.807) is 30.2 Å². The average Bonchev–Trinajstić information content (AvgIpc) is 3.35. The van der Waals surface area contributed by atoms with Crippen molar-refractivity contribution in [2.24, 2.45) is 9.98 Å². The van der Waals surface area contributed by atoms with Crippen molar-refractivity contribution in [2.75, 3.05) is 20.1 Å². The van der Waals surface area contributed by atoms with E-state index in [2.05, 4.69) is 46.5 Å². The highest BCUT2D eigenvalue weighted by molar-refractivity contribution is 6.37. The van der Waals surface area contributed by atoms with Crippen LogP contribution in [0, 0.1) is 0 Å². The number of nitrogens with one attached hydrogen (secondary N) is 3. The molecule has 1 aromatic carbocycles. The molecule has 0 fully saturated rings. The van der Waals surface area contributed by atoms with Crippen LogP contribution in [-0.4, -0.2) is 54.8 Å². The summed E-state index contributed by atoms with van der Waals surface area (Å²) in [7, 11) is 1.55. The van der Waals surface area contributed by atoms with Gasteiger partial charge in [0, 0.05) is 40.9 Å². The number of hydroxylamine groups is 1. The fourth-order valence-corrected chi connectivity index (χ4v) is 3.61. The second-order valence-corrected chi connectivity index (χ2v) is 8.37. The van der Waals surface area contributed by atoms with Gasteiger partial charge in [0.05, 0.1) is 6.54 Å². The van der Waals surface area contributed by atoms with E-state index in [0.29, 0.717) is 34.4 Å². The highest BCUT2D eigenvalue weighted by atomic mass is 35.5. The van der Waals surface area contributed by atoms with Gasteiger partial charge in [0.15, 0.2) is 12.1 Å². The standard InChI is InChI=1S/C23H27ClN6O3.C3H8.C2H6/c1-6-15-10-18(17-9-8-16(11-19(17)24)21-28-14(4)33-29-21)23(32)30(7-2)22(15)27-13(3)26-12-20(31)25-5;1-3-2;1-2/h6,8-11,14,26H,3,7,12H2,1-2,4-5H3,(H,25,31)(H,28,29);3H2,1-2H3;1-2H3/b15-6-,27-22+;;. The normalized spacial score (nSPS) is 18.4. The van der Waals surface area contributed by atoms with Crippen LogP contribution in [-0.2, 0) is 14.4 Å². The molecule has 10 heteroatoms. The van der Waals surface area contributed by atoms with Crippen molar-refractivity contribution in [1.82, 2.24) is 21.0 Å². The molecule has 0 saturated carbocycles. The van der Waals surface area contributed by atoms with Crippen molar-refractivity contribution in [3.05, 3.63) is 64.5 Å². The van der Waals surface area contributed by atoms with Crippen molar-refractivity contribution in [2.45, 2.75) is 61.1 Å². The second kappa shape index (κ2) is 16.4. The Labute approximate surface area is 231 Å². The Balaban J connectivity index is 0.00000135. The van der Waals surface area contributed by atoms with Crippen molar-refractivity contribution < 1.29 is 14.4 Å². The summed E-state index contributed by atoms with van der Waals surface area (Å²) in [6.07, 6.45) is 4.59. The van der Waals surface area contributed by atoms with Crippen molar-refractivity contribution >= 4 is 40.7 Å². The lowest BCUT2D eigenvalue weighted by Crippen LogP contribution is -2.41.